The van der Waals surface area contributed by atoms with Gasteiger partial charge in [0.25, 0.3) is 0 Å². The van der Waals surface area contributed by atoms with E-state index in [9.17, 15) is 22.8 Å². The Hall–Kier alpha value is -1.47. The van der Waals surface area contributed by atoms with Crippen molar-refractivity contribution >= 4 is 12.0 Å². The van der Waals surface area contributed by atoms with Gasteiger partial charge in [-0.15, -0.1) is 0 Å². The van der Waals surface area contributed by atoms with Gasteiger partial charge < -0.3 is 15.3 Å². The first kappa shape index (κ1) is 15.6. The van der Waals surface area contributed by atoms with Crippen molar-refractivity contribution in [3.63, 3.8) is 0 Å². The Kier molecular flexibility index (Phi) is 5.02. The van der Waals surface area contributed by atoms with E-state index in [4.69, 9.17) is 5.11 Å². The van der Waals surface area contributed by atoms with Crippen molar-refractivity contribution in [3.8, 4) is 0 Å². The normalized spacial score (nSPS) is 23.2. The number of halogens is 3. The zero-order valence-corrected chi connectivity index (χ0v) is 10.5. The maximum absolute atomic E-state index is 12.2. The van der Waals surface area contributed by atoms with Crippen LogP contribution >= 0.6 is 0 Å². The molecule has 0 radical (unpaired) electrons. The maximum Gasteiger partial charge on any atom is 0.406 e. The number of nitrogens with zero attached hydrogens (tertiary/aromatic N) is 1. The Balaban J connectivity index is 2.48. The molecule has 8 heteroatoms. The molecule has 0 aromatic carbocycles. The molecule has 1 saturated carbocycles. The Morgan fingerprint density at radius 3 is 2.42 bits per heavy atom. The number of aliphatic carboxylic acids is 1. The van der Waals surface area contributed by atoms with E-state index in [0.717, 1.165) is 0 Å². The summed E-state index contributed by atoms with van der Waals surface area (Å²) in [5.41, 5.74) is 0. The minimum atomic E-state index is -4.44. The van der Waals surface area contributed by atoms with Gasteiger partial charge in [0.2, 0.25) is 0 Å². The lowest BCUT2D eigenvalue weighted by molar-refractivity contribution is -0.141. The molecule has 2 amide bonds. The zero-order valence-electron chi connectivity index (χ0n) is 10.5. The van der Waals surface area contributed by atoms with Gasteiger partial charge in [-0.05, 0) is 26.2 Å². The summed E-state index contributed by atoms with van der Waals surface area (Å²) in [4.78, 5) is 23.1. The average Bonchev–Trinajstić information content (AvgIpc) is 2.73. The van der Waals surface area contributed by atoms with Crippen LogP contribution in [-0.2, 0) is 4.79 Å². The third kappa shape index (κ3) is 4.96. The molecular weight excluding hydrogens is 265 g/mol. The second-order valence-corrected chi connectivity index (χ2v) is 4.62. The maximum atomic E-state index is 12.2. The van der Waals surface area contributed by atoms with Crippen molar-refractivity contribution in [2.45, 2.75) is 38.4 Å². The molecule has 2 unspecified atom stereocenters. The van der Waals surface area contributed by atoms with Crippen LogP contribution in [0.4, 0.5) is 18.0 Å². The van der Waals surface area contributed by atoms with Gasteiger partial charge in [-0.2, -0.15) is 13.2 Å². The molecule has 0 aliphatic heterocycles. The van der Waals surface area contributed by atoms with Crippen molar-refractivity contribution in [1.82, 2.24) is 10.2 Å². The van der Waals surface area contributed by atoms with Gasteiger partial charge in [0.1, 0.15) is 6.54 Å². The lowest BCUT2D eigenvalue weighted by atomic mass is 10.1. The largest absolute Gasteiger partial charge is 0.481 e. The summed E-state index contributed by atoms with van der Waals surface area (Å²) in [6.07, 6.45) is -3.25. The van der Waals surface area contributed by atoms with Crippen molar-refractivity contribution in [2.75, 3.05) is 13.1 Å². The van der Waals surface area contributed by atoms with Gasteiger partial charge in [0, 0.05) is 12.6 Å². The SMILES string of the molecule is CCN(CC(F)(F)F)C(=O)NC1CCC(C(=O)O)C1. The van der Waals surface area contributed by atoms with Gasteiger partial charge >= 0.3 is 18.2 Å². The molecule has 5 nitrogen and oxygen atoms in total. The molecule has 2 atom stereocenters. The Morgan fingerprint density at radius 1 is 1.37 bits per heavy atom. The molecule has 0 aromatic heterocycles. The number of carbonyl (C=O) groups excluding carboxylic acids is 1. The van der Waals surface area contributed by atoms with Crippen molar-refractivity contribution in [2.24, 2.45) is 5.92 Å². The van der Waals surface area contributed by atoms with Crippen LogP contribution in [0.2, 0.25) is 0 Å². The van der Waals surface area contributed by atoms with Gasteiger partial charge in [0.05, 0.1) is 5.92 Å². The molecule has 0 heterocycles. The smallest absolute Gasteiger partial charge is 0.406 e. The van der Waals surface area contributed by atoms with Gasteiger partial charge in [-0.1, -0.05) is 0 Å². The molecular formula is C11H17F3N2O3. The minimum absolute atomic E-state index is 0.0551. The minimum Gasteiger partial charge on any atom is -0.481 e. The molecule has 1 aliphatic rings. The van der Waals surface area contributed by atoms with E-state index in [1.807, 2.05) is 0 Å². The Bertz CT molecular complexity index is 347. The fourth-order valence-electron chi connectivity index (χ4n) is 2.15. The molecule has 19 heavy (non-hydrogen) atoms. The summed E-state index contributed by atoms with van der Waals surface area (Å²) < 4.78 is 36.7. The number of carboxylic acids is 1. The van der Waals surface area contributed by atoms with Gasteiger partial charge in [-0.3, -0.25) is 4.79 Å². The fourth-order valence-corrected chi connectivity index (χ4v) is 2.15. The molecule has 1 rings (SSSR count). The van der Waals surface area contributed by atoms with Crippen LogP contribution in [0.25, 0.3) is 0 Å². The molecule has 2 N–H and O–H groups in total. The third-order valence-electron chi connectivity index (χ3n) is 3.15. The van der Waals surface area contributed by atoms with Crippen LogP contribution in [-0.4, -0.2) is 47.3 Å². The number of rotatable bonds is 4. The topological polar surface area (TPSA) is 69.6 Å². The van der Waals surface area contributed by atoms with E-state index in [1.54, 1.807) is 0 Å². The summed E-state index contributed by atoms with van der Waals surface area (Å²) in [7, 11) is 0. The number of alkyl halides is 3. The highest BCUT2D eigenvalue weighted by atomic mass is 19.4. The highest BCUT2D eigenvalue weighted by Crippen LogP contribution is 2.26. The number of hydrogen-bond acceptors (Lipinski definition) is 2. The first-order valence-corrected chi connectivity index (χ1v) is 6.08. The van der Waals surface area contributed by atoms with Crippen LogP contribution in [0.15, 0.2) is 0 Å². The predicted molar refractivity (Wildman–Crippen MR) is 60.6 cm³/mol. The monoisotopic (exact) mass is 282 g/mol. The van der Waals surface area contributed by atoms with E-state index < -0.39 is 30.6 Å². The Labute approximate surface area is 108 Å². The van der Waals surface area contributed by atoms with Gasteiger partial charge in [-0.25, -0.2) is 4.79 Å². The molecule has 0 saturated heterocycles. The lowest BCUT2D eigenvalue weighted by Crippen LogP contribution is -2.47. The second kappa shape index (κ2) is 6.12. The number of hydrogen-bond donors (Lipinski definition) is 2. The molecule has 0 aromatic rings. The van der Waals surface area contributed by atoms with Crippen molar-refractivity contribution in [3.05, 3.63) is 0 Å². The predicted octanol–water partition coefficient (Wildman–Crippen LogP) is 1.83. The summed E-state index contributed by atoms with van der Waals surface area (Å²) in [5.74, 6) is -1.46. The van der Waals surface area contributed by atoms with E-state index in [2.05, 4.69) is 5.32 Å². The average molecular weight is 282 g/mol. The first-order valence-electron chi connectivity index (χ1n) is 6.08. The van der Waals surface area contributed by atoms with E-state index in [-0.39, 0.29) is 19.0 Å². The molecule has 110 valence electrons. The quantitative estimate of drug-likeness (QED) is 0.826. The highest BCUT2D eigenvalue weighted by Gasteiger charge is 2.35. The van der Waals surface area contributed by atoms with Crippen molar-refractivity contribution < 1.29 is 27.9 Å². The van der Waals surface area contributed by atoms with E-state index >= 15 is 0 Å². The first-order chi connectivity index (χ1) is 8.73. The van der Waals surface area contributed by atoms with E-state index in [0.29, 0.717) is 17.7 Å². The number of nitrogens with one attached hydrogen (secondary N) is 1. The molecule has 1 aliphatic carbocycles. The van der Waals surface area contributed by atoms with Crippen LogP contribution < -0.4 is 5.32 Å². The van der Waals surface area contributed by atoms with Crippen LogP contribution in [0.3, 0.4) is 0 Å². The third-order valence-corrected chi connectivity index (χ3v) is 3.15. The molecule has 0 bridgehead atoms. The summed E-state index contributed by atoms with van der Waals surface area (Å²) in [5, 5.41) is 11.3. The summed E-state index contributed by atoms with van der Waals surface area (Å²) in [6, 6.07) is -1.16. The Morgan fingerprint density at radius 2 is 2.00 bits per heavy atom. The molecule has 1 fully saturated rings. The van der Waals surface area contributed by atoms with Crippen LogP contribution in [0, 0.1) is 5.92 Å². The summed E-state index contributed by atoms with van der Waals surface area (Å²) in [6.45, 7) is 0.102. The van der Waals surface area contributed by atoms with Crippen LogP contribution in [0.5, 0.6) is 0 Å². The van der Waals surface area contributed by atoms with E-state index in [1.165, 1.54) is 6.92 Å². The number of carbonyl (C=O) groups is 2. The number of amides is 2. The zero-order chi connectivity index (χ0) is 14.6. The number of urea groups is 1. The highest BCUT2D eigenvalue weighted by molar-refractivity contribution is 5.75. The van der Waals surface area contributed by atoms with Crippen LogP contribution in [0.1, 0.15) is 26.2 Å². The number of carboxylic acid groups (broad SMARTS) is 1. The van der Waals surface area contributed by atoms with Crippen molar-refractivity contribution in [1.29, 1.82) is 0 Å². The summed E-state index contributed by atoms with van der Waals surface area (Å²) >= 11 is 0. The second-order valence-electron chi connectivity index (χ2n) is 4.62. The fraction of sp³-hybridized carbons (Fsp3) is 0.818. The standard InChI is InChI=1S/C11H17F3N2O3/c1-2-16(6-11(12,13)14)10(19)15-8-4-3-7(5-8)9(17)18/h7-8H,2-6H2,1H3,(H,15,19)(H,17,18). The van der Waals surface area contributed by atoms with Gasteiger partial charge in [0.15, 0.2) is 0 Å². The lowest BCUT2D eigenvalue weighted by Gasteiger charge is -2.24. The molecule has 0 spiro atoms.